The summed E-state index contributed by atoms with van der Waals surface area (Å²) in [6.07, 6.45) is 1.12. The summed E-state index contributed by atoms with van der Waals surface area (Å²) in [5.41, 5.74) is 0.620. The van der Waals surface area contributed by atoms with Crippen LogP contribution in [0.5, 0.6) is 0 Å². The molecule has 0 radical (unpaired) electrons. The number of piperazine rings is 1. The molecule has 1 N–H and O–H groups in total. The van der Waals surface area contributed by atoms with Crippen molar-refractivity contribution in [2.75, 3.05) is 71.0 Å². The van der Waals surface area contributed by atoms with Gasteiger partial charge in [0.2, 0.25) is 0 Å². The molecule has 2 saturated heterocycles. The second kappa shape index (κ2) is 9.19. The van der Waals surface area contributed by atoms with E-state index in [0.717, 1.165) is 39.2 Å². The molecule has 1 aromatic rings. The highest BCUT2D eigenvalue weighted by Gasteiger charge is 2.25. The number of urea groups is 1. The van der Waals surface area contributed by atoms with Crippen molar-refractivity contribution in [1.29, 1.82) is 0 Å². The molecule has 0 aromatic heterocycles. The largest absolute Gasteiger partial charge is 0.383 e. The Morgan fingerprint density at radius 3 is 2.73 bits per heavy atom. The van der Waals surface area contributed by atoms with Crippen molar-refractivity contribution >= 4 is 11.7 Å². The third-order valence-corrected chi connectivity index (χ3v) is 5.28. The Bertz CT molecular complexity index is 593. The molecule has 2 amide bonds. The molecule has 1 atom stereocenters. The van der Waals surface area contributed by atoms with Gasteiger partial charge in [-0.1, -0.05) is 12.1 Å². The zero-order valence-corrected chi connectivity index (χ0v) is 15.5. The second-order valence-corrected chi connectivity index (χ2v) is 7.06. The van der Waals surface area contributed by atoms with Crippen LogP contribution in [-0.4, -0.2) is 81.9 Å². The molecule has 2 aliphatic rings. The molecule has 1 aromatic carbocycles. The molecule has 3 rings (SSSR count). The number of nitrogens with one attached hydrogen (secondary N) is 1. The molecule has 2 fully saturated rings. The maximum atomic E-state index is 13.9. The number of hydrogen-bond acceptors (Lipinski definition) is 4. The van der Waals surface area contributed by atoms with E-state index in [-0.39, 0.29) is 11.8 Å². The number of benzene rings is 1. The first-order valence-electron chi connectivity index (χ1n) is 9.41. The molecule has 6 nitrogen and oxygen atoms in total. The predicted octanol–water partition coefficient (Wildman–Crippen LogP) is 1.63. The van der Waals surface area contributed by atoms with Crippen molar-refractivity contribution in [3.63, 3.8) is 0 Å². The molecule has 2 heterocycles. The predicted molar refractivity (Wildman–Crippen MR) is 100 cm³/mol. The fourth-order valence-electron chi connectivity index (χ4n) is 3.71. The summed E-state index contributed by atoms with van der Waals surface area (Å²) in [5, 5.41) is 3.07. The lowest BCUT2D eigenvalue weighted by molar-refractivity contribution is 0.158. The fourth-order valence-corrected chi connectivity index (χ4v) is 3.71. The van der Waals surface area contributed by atoms with Gasteiger partial charge in [0.1, 0.15) is 5.82 Å². The average molecular weight is 364 g/mol. The minimum Gasteiger partial charge on any atom is -0.383 e. The number of para-hydroxylation sites is 1. The van der Waals surface area contributed by atoms with Crippen LogP contribution in [0.3, 0.4) is 0 Å². The number of likely N-dealkylation sites (tertiary alicyclic amines) is 1. The minimum absolute atomic E-state index is 0.00600. The van der Waals surface area contributed by atoms with Crippen LogP contribution >= 0.6 is 0 Å². The lowest BCUT2D eigenvalue weighted by Gasteiger charge is -2.36. The van der Waals surface area contributed by atoms with E-state index in [1.54, 1.807) is 19.2 Å². The van der Waals surface area contributed by atoms with Crippen LogP contribution in [0.2, 0.25) is 0 Å². The van der Waals surface area contributed by atoms with Gasteiger partial charge in [-0.05, 0) is 31.0 Å². The zero-order chi connectivity index (χ0) is 18.4. The van der Waals surface area contributed by atoms with Crippen molar-refractivity contribution < 1.29 is 13.9 Å². The number of ether oxygens (including phenoxy) is 1. The molecule has 0 aliphatic carbocycles. The summed E-state index contributed by atoms with van der Waals surface area (Å²) in [5.74, 6) is 0.306. The Balaban J connectivity index is 1.38. The molecular weight excluding hydrogens is 335 g/mol. The Morgan fingerprint density at radius 1 is 1.23 bits per heavy atom. The molecule has 0 unspecified atom stereocenters. The molecule has 7 heteroatoms. The average Bonchev–Trinajstić information content (AvgIpc) is 3.13. The number of carbonyl (C=O) groups is 1. The molecule has 0 bridgehead atoms. The number of nitrogens with zero attached hydrogens (tertiary/aromatic N) is 3. The van der Waals surface area contributed by atoms with E-state index in [1.807, 2.05) is 15.9 Å². The highest BCUT2D eigenvalue weighted by molar-refractivity contribution is 5.74. The topological polar surface area (TPSA) is 48.1 Å². The Morgan fingerprint density at radius 2 is 2.00 bits per heavy atom. The molecule has 26 heavy (non-hydrogen) atoms. The standard InChI is InChI=1S/C19H29FN4O2/c1-26-13-12-22-7-6-16(15-22)14-21-19(25)24-10-8-23(9-11-24)18-5-3-2-4-17(18)20/h2-5,16H,6-15H2,1H3,(H,21,25)/t16-/m0/s1. The van der Waals surface area contributed by atoms with Crippen molar-refractivity contribution in [2.24, 2.45) is 5.92 Å². The third kappa shape index (κ3) is 4.86. The van der Waals surface area contributed by atoms with Gasteiger partial charge in [-0.25, -0.2) is 9.18 Å². The lowest BCUT2D eigenvalue weighted by atomic mass is 10.1. The van der Waals surface area contributed by atoms with E-state index in [4.69, 9.17) is 4.74 Å². The molecule has 144 valence electrons. The number of hydrogen-bond donors (Lipinski definition) is 1. The summed E-state index contributed by atoms with van der Waals surface area (Å²) in [6.45, 7) is 7.07. The number of halogens is 1. The normalized spacial score (nSPS) is 21.2. The van der Waals surface area contributed by atoms with E-state index in [2.05, 4.69) is 10.2 Å². The number of anilines is 1. The first-order chi connectivity index (χ1) is 12.7. The van der Waals surface area contributed by atoms with Crippen LogP contribution in [0.1, 0.15) is 6.42 Å². The van der Waals surface area contributed by atoms with Gasteiger partial charge in [-0.3, -0.25) is 0 Å². The lowest BCUT2D eigenvalue weighted by Crippen LogP contribution is -2.52. The van der Waals surface area contributed by atoms with Crippen LogP contribution in [0.25, 0.3) is 0 Å². The SMILES string of the molecule is COCCN1CC[C@@H](CNC(=O)N2CCN(c3ccccc3F)CC2)C1. The Kier molecular flexibility index (Phi) is 6.68. The van der Waals surface area contributed by atoms with E-state index in [9.17, 15) is 9.18 Å². The van der Waals surface area contributed by atoms with Gasteiger partial charge in [-0.2, -0.15) is 0 Å². The highest BCUT2D eigenvalue weighted by atomic mass is 19.1. The smallest absolute Gasteiger partial charge is 0.317 e. The number of amides is 2. The third-order valence-electron chi connectivity index (χ3n) is 5.28. The maximum Gasteiger partial charge on any atom is 0.317 e. The van der Waals surface area contributed by atoms with Gasteiger partial charge in [0.15, 0.2) is 0 Å². The molecule has 0 spiro atoms. The molecule has 0 saturated carbocycles. The fraction of sp³-hybridized carbons (Fsp3) is 0.632. The van der Waals surface area contributed by atoms with E-state index in [0.29, 0.717) is 37.8 Å². The number of carbonyl (C=O) groups excluding carboxylic acids is 1. The van der Waals surface area contributed by atoms with Crippen LogP contribution in [-0.2, 0) is 4.74 Å². The second-order valence-electron chi connectivity index (χ2n) is 7.06. The van der Waals surface area contributed by atoms with Crippen molar-refractivity contribution in [3.05, 3.63) is 30.1 Å². The van der Waals surface area contributed by atoms with Gasteiger partial charge in [0.05, 0.1) is 12.3 Å². The molecule has 2 aliphatic heterocycles. The summed E-state index contributed by atoms with van der Waals surface area (Å²) >= 11 is 0. The summed E-state index contributed by atoms with van der Waals surface area (Å²) in [7, 11) is 1.72. The van der Waals surface area contributed by atoms with E-state index >= 15 is 0 Å². The van der Waals surface area contributed by atoms with Gasteiger partial charge in [0, 0.05) is 52.9 Å². The molecular formula is C19H29FN4O2. The first-order valence-corrected chi connectivity index (χ1v) is 9.41. The maximum absolute atomic E-state index is 13.9. The highest BCUT2D eigenvalue weighted by Crippen LogP contribution is 2.20. The van der Waals surface area contributed by atoms with Crippen LogP contribution in [0.4, 0.5) is 14.9 Å². The van der Waals surface area contributed by atoms with Gasteiger partial charge >= 0.3 is 6.03 Å². The first kappa shape index (κ1) is 18.9. The van der Waals surface area contributed by atoms with E-state index < -0.39 is 0 Å². The minimum atomic E-state index is -0.204. The van der Waals surface area contributed by atoms with Crippen molar-refractivity contribution in [3.8, 4) is 0 Å². The zero-order valence-electron chi connectivity index (χ0n) is 15.5. The number of methoxy groups -OCH3 is 1. The number of rotatable bonds is 6. The van der Waals surface area contributed by atoms with Crippen molar-refractivity contribution in [2.45, 2.75) is 6.42 Å². The summed E-state index contributed by atoms with van der Waals surface area (Å²) in [6, 6.07) is 6.80. The Labute approximate surface area is 154 Å². The summed E-state index contributed by atoms with van der Waals surface area (Å²) in [4.78, 5) is 18.6. The quantitative estimate of drug-likeness (QED) is 0.834. The van der Waals surface area contributed by atoms with Gasteiger partial charge in [0.25, 0.3) is 0 Å². The summed E-state index contributed by atoms with van der Waals surface area (Å²) < 4.78 is 19.0. The monoisotopic (exact) mass is 364 g/mol. The van der Waals surface area contributed by atoms with Crippen LogP contribution < -0.4 is 10.2 Å². The van der Waals surface area contributed by atoms with Gasteiger partial charge < -0.3 is 24.8 Å². The van der Waals surface area contributed by atoms with E-state index in [1.165, 1.54) is 6.07 Å². The Hall–Kier alpha value is -1.86. The van der Waals surface area contributed by atoms with Crippen LogP contribution in [0, 0.1) is 11.7 Å². The van der Waals surface area contributed by atoms with Gasteiger partial charge in [-0.15, -0.1) is 0 Å². The van der Waals surface area contributed by atoms with Crippen LogP contribution in [0.15, 0.2) is 24.3 Å². The van der Waals surface area contributed by atoms with Crippen molar-refractivity contribution in [1.82, 2.24) is 15.1 Å².